The van der Waals surface area contributed by atoms with Crippen molar-refractivity contribution in [2.45, 2.75) is 50.0 Å². The molecule has 1 saturated carbocycles. The average molecular weight is 620 g/mol. The van der Waals surface area contributed by atoms with E-state index in [1.807, 2.05) is 6.20 Å². The number of benzene rings is 2. The maximum Gasteiger partial charge on any atom is 0.423 e. The van der Waals surface area contributed by atoms with Crippen LogP contribution in [0.3, 0.4) is 0 Å². The Balaban J connectivity index is 1.13. The fraction of sp³-hybridized carbons (Fsp3) is 0.323. The van der Waals surface area contributed by atoms with Crippen molar-refractivity contribution in [2.24, 2.45) is 0 Å². The van der Waals surface area contributed by atoms with Gasteiger partial charge in [-0.25, -0.2) is 9.97 Å². The van der Waals surface area contributed by atoms with Crippen LogP contribution < -0.4 is 20.1 Å². The summed E-state index contributed by atoms with van der Waals surface area (Å²) in [7, 11) is 3.09. The van der Waals surface area contributed by atoms with Crippen LogP contribution >= 0.6 is 0 Å². The van der Waals surface area contributed by atoms with E-state index in [1.54, 1.807) is 42.4 Å². The number of rotatable bonds is 7. The number of methoxy groups -OCH3 is 1. The summed E-state index contributed by atoms with van der Waals surface area (Å²) in [5.74, 6) is -0.441. The van der Waals surface area contributed by atoms with Crippen LogP contribution in [0, 0.1) is 0 Å². The lowest BCUT2D eigenvalue weighted by molar-refractivity contribution is -0.139. The lowest BCUT2D eigenvalue weighted by atomic mass is 10.0. The zero-order valence-electron chi connectivity index (χ0n) is 24.3. The molecule has 232 valence electrons. The zero-order valence-corrected chi connectivity index (χ0v) is 24.3. The highest BCUT2D eigenvalue weighted by molar-refractivity contribution is 6.03. The SMILES string of the molecule is COc1cc(C(=O)NC2CCn3ccnc3C2)ccc1Nc1ncc(C(F)(F)F)c(Oc2cccc3c2C(=O)N(C)C32CC2)n1. The van der Waals surface area contributed by atoms with Crippen molar-refractivity contribution in [3.05, 3.63) is 83.1 Å². The summed E-state index contributed by atoms with van der Waals surface area (Å²) in [6.07, 6.45) is 2.37. The Hall–Kier alpha value is -5.14. The van der Waals surface area contributed by atoms with Crippen LogP contribution in [0.4, 0.5) is 24.8 Å². The number of anilines is 2. The molecule has 2 aliphatic heterocycles. The summed E-state index contributed by atoms with van der Waals surface area (Å²) in [6, 6.07) is 9.47. The number of fused-ring (bicyclic) bond motifs is 3. The van der Waals surface area contributed by atoms with Crippen LogP contribution in [0.15, 0.2) is 55.0 Å². The highest BCUT2D eigenvalue weighted by atomic mass is 19.4. The molecule has 3 aliphatic rings. The number of hydrogen-bond donors (Lipinski definition) is 2. The zero-order chi connectivity index (χ0) is 31.5. The van der Waals surface area contributed by atoms with Gasteiger partial charge in [-0.3, -0.25) is 9.59 Å². The molecule has 2 aromatic heterocycles. The smallest absolute Gasteiger partial charge is 0.423 e. The fourth-order valence-corrected chi connectivity index (χ4v) is 6.09. The molecule has 7 rings (SSSR count). The minimum atomic E-state index is -4.82. The predicted molar refractivity (Wildman–Crippen MR) is 155 cm³/mol. The normalized spacial score (nSPS) is 17.9. The van der Waals surface area contributed by atoms with Gasteiger partial charge in [-0.05, 0) is 49.1 Å². The molecule has 2 N–H and O–H groups in total. The third-order valence-electron chi connectivity index (χ3n) is 8.67. The number of imidazole rings is 1. The van der Waals surface area contributed by atoms with Crippen molar-refractivity contribution in [3.8, 4) is 17.4 Å². The summed E-state index contributed by atoms with van der Waals surface area (Å²) in [5, 5.41) is 5.89. The minimum Gasteiger partial charge on any atom is -0.495 e. The van der Waals surface area contributed by atoms with E-state index in [2.05, 4.69) is 30.2 Å². The maximum atomic E-state index is 14.0. The third-order valence-corrected chi connectivity index (χ3v) is 8.67. The summed E-state index contributed by atoms with van der Waals surface area (Å²) in [5.41, 5.74) is -0.0204. The summed E-state index contributed by atoms with van der Waals surface area (Å²) >= 11 is 0. The second-order valence-corrected chi connectivity index (χ2v) is 11.3. The lowest BCUT2D eigenvalue weighted by Gasteiger charge is -2.24. The molecule has 1 spiro atoms. The number of aryl methyl sites for hydroxylation is 1. The highest BCUT2D eigenvalue weighted by Crippen LogP contribution is 2.57. The van der Waals surface area contributed by atoms with E-state index in [9.17, 15) is 22.8 Å². The van der Waals surface area contributed by atoms with Gasteiger partial charge in [0, 0.05) is 50.2 Å². The van der Waals surface area contributed by atoms with Gasteiger partial charge in [0.15, 0.2) is 0 Å². The van der Waals surface area contributed by atoms with E-state index in [4.69, 9.17) is 9.47 Å². The molecule has 0 radical (unpaired) electrons. The van der Waals surface area contributed by atoms with Gasteiger partial charge in [0.1, 0.15) is 22.9 Å². The maximum absolute atomic E-state index is 14.0. The van der Waals surface area contributed by atoms with Gasteiger partial charge in [0.25, 0.3) is 11.8 Å². The molecule has 1 fully saturated rings. The van der Waals surface area contributed by atoms with Crippen molar-refractivity contribution in [1.29, 1.82) is 0 Å². The van der Waals surface area contributed by atoms with Crippen LogP contribution in [0.5, 0.6) is 17.4 Å². The Morgan fingerprint density at radius 1 is 1.13 bits per heavy atom. The number of nitrogens with zero attached hydrogens (tertiary/aromatic N) is 5. The van der Waals surface area contributed by atoms with Crippen LogP contribution in [-0.4, -0.2) is 56.4 Å². The molecule has 4 aromatic rings. The summed E-state index contributed by atoms with van der Waals surface area (Å²) in [6.45, 7) is 0.756. The van der Waals surface area contributed by atoms with Crippen LogP contribution in [-0.2, 0) is 24.7 Å². The molecule has 1 unspecified atom stereocenters. The molecule has 14 heteroatoms. The van der Waals surface area contributed by atoms with Crippen molar-refractivity contribution in [2.75, 3.05) is 19.5 Å². The first-order valence-electron chi connectivity index (χ1n) is 14.4. The molecule has 11 nitrogen and oxygen atoms in total. The lowest BCUT2D eigenvalue weighted by Crippen LogP contribution is -2.40. The predicted octanol–water partition coefficient (Wildman–Crippen LogP) is 5.06. The standard InChI is InChI=1S/C31H28F3N7O4/c1-40-28(43)25-19(30(40)9-10-30)4-3-5-22(25)45-27-20(31(32,33)34)16-36-29(39-27)38-21-7-6-17(14-23(21)44-2)26(42)37-18-8-12-41-13-11-35-24(41)15-18/h3-7,11,13-14,16,18H,8-10,12,15H2,1-2H3,(H,37,42)(H,36,38,39). The highest BCUT2D eigenvalue weighted by Gasteiger charge is 2.57. The van der Waals surface area contributed by atoms with Crippen LogP contribution in [0.2, 0.25) is 0 Å². The topological polar surface area (TPSA) is 124 Å². The number of carbonyl (C=O) groups is 2. The Morgan fingerprint density at radius 3 is 2.71 bits per heavy atom. The van der Waals surface area contributed by atoms with E-state index < -0.39 is 23.2 Å². The molecule has 0 saturated heterocycles. The van der Waals surface area contributed by atoms with Crippen molar-refractivity contribution < 1.29 is 32.2 Å². The van der Waals surface area contributed by atoms with Crippen molar-refractivity contribution in [3.63, 3.8) is 0 Å². The van der Waals surface area contributed by atoms with Gasteiger partial charge in [-0.2, -0.15) is 18.2 Å². The largest absolute Gasteiger partial charge is 0.495 e. The molecule has 1 aliphatic carbocycles. The van der Waals surface area contributed by atoms with Crippen molar-refractivity contribution >= 4 is 23.5 Å². The Kier molecular flexibility index (Phi) is 6.67. The van der Waals surface area contributed by atoms with Gasteiger partial charge < -0.3 is 29.6 Å². The Bertz CT molecular complexity index is 1840. The first kappa shape index (κ1) is 28.6. The Labute approximate surface area is 255 Å². The quantitative estimate of drug-likeness (QED) is 0.295. The van der Waals surface area contributed by atoms with E-state index in [0.717, 1.165) is 37.2 Å². The Morgan fingerprint density at radius 2 is 1.96 bits per heavy atom. The number of alkyl halides is 3. The molecular weight excluding hydrogens is 591 g/mol. The first-order chi connectivity index (χ1) is 21.6. The second kappa shape index (κ2) is 10.5. The van der Waals surface area contributed by atoms with Crippen LogP contribution in [0.25, 0.3) is 0 Å². The molecule has 4 heterocycles. The van der Waals surface area contributed by atoms with E-state index in [0.29, 0.717) is 23.9 Å². The molecule has 1 atom stereocenters. The third kappa shape index (κ3) is 4.99. The van der Waals surface area contributed by atoms with E-state index in [-0.39, 0.29) is 40.9 Å². The van der Waals surface area contributed by atoms with E-state index >= 15 is 0 Å². The number of aromatic nitrogens is 4. The number of hydrogen-bond acceptors (Lipinski definition) is 8. The minimum absolute atomic E-state index is 0.0156. The number of amides is 2. The molecule has 2 aromatic carbocycles. The number of nitrogens with one attached hydrogen (secondary N) is 2. The monoisotopic (exact) mass is 619 g/mol. The van der Waals surface area contributed by atoms with Gasteiger partial charge >= 0.3 is 6.18 Å². The van der Waals surface area contributed by atoms with Gasteiger partial charge in [0.05, 0.1) is 23.9 Å². The van der Waals surface area contributed by atoms with Gasteiger partial charge in [-0.15, -0.1) is 0 Å². The summed E-state index contributed by atoms with van der Waals surface area (Å²) in [4.78, 5) is 40.0. The average Bonchev–Trinajstić information content (AvgIpc) is 3.64. The van der Waals surface area contributed by atoms with Gasteiger partial charge in [-0.1, -0.05) is 12.1 Å². The molecule has 45 heavy (non-hydrogen) atoms. The fourth-order valence-electron chi connectivity index (χ4n) is 6.09. The number of carbonyl (C=O) groups excluding carboxylic acids is 2. The molecular formula is C31H28F3N7O4. The summed E-state index contributed by atoms with van der Waals surface area (Å²) < 4.78 is 55.3. The van der Waals surface area contributed by atoms with Crippen LogP contribution in [0.1, 0.15) is 56.9 Å². The molecule has 0 bridgehead atoms. The number of halogens is 3. The number of ether oxygens (including phenoxy) is 2. The molecule has 2 amide bonds. The second-order valence-electron chi connectivity index (χ2n) is 11.3. The van der Waals surface area contributed by atoms with Gasteiger partial charge in [0.2, 0.25) is 11.8 Å². The van der Waals surface area contributed by atoms with E-state index in [1.165, 1.54) is 19.2 Å². The van der Waals surface area contributed by atoms with Crippen molar-refractivity contribution in [1.82, 2.24) is 29.7 Å². The first-order valence-corrected chi connectivity index (χ1v) is 14.4.